The van der Waals surface area contributed by atoms with Gasteiger partial charge in [-0.1, -0.05) is 19.4 Å². The van der Waals surface area contributed by atoms with Crippen molar-refractivity contribution < 1.29 is 14.3 Å². The van der Waals surface area contributed by atoms with Crippen LogP contribution in [-0.2, 0) is 4.79 Å². The van der Waals surface area contributed by atoms with E-state index >= 15 is 0 Å². The van der Waals surface area contributed by atoms with Crippen LogP contribution in [0.4, 0.5) is 0 Å². The van der Waals surface area contributed by atoms with E-state index in [-0.39, 0.29) is 12.5 Å². The Morgan fingerprint density at radius 1 is 1.23 bits per heavy atom. The summed E-state index contributed by atoms with van der Waals surface area (Å²) < 4.78 is 5.54. The molecule has 2 amide bonds. The highest BCUT2D eigenvalue weighted by atomic mass is 16.5. The number of unbranched alkanes of at least 4 members (excludes halogenated alkanes) is 1. The molecule has 136 valence electrons. The van der Waals surface area contributed by atoms with Gasteiger partial charge in [0.25, 0.3) is 11.8 Å². The van der Waals surface area contributed by atoms with E-state index in [1.165, 1.54) is 6.21 Å². The van der Waals surface area contributed by atoms with Crippen LogP contribution in [0, 0.1) is 0 Å². The molecule has 0 spiro atoms. The molecule has 0 radical (unpaired) electrons. The number of aromatic nitrogens is 1. The highest BCUT2D eigenvalue weighted by molar-refractivity contribution is 5.96. The third-order valence-electron chi connectivity index (χ3n) is 3.38. The SMILES string of the molecule is CCCCOc1ccc(C(=O)NCC(=O)N/N=C/c2cccnc2)cc1. The highest BCUT2D eigenvalue weighted by Crippen LogP contribution is 2.12. The lowest BCUT2D eigenvalue weighted by Crippen LogP contribution is -2.34. The van der Waals surface area contributed by atoms with Gasteiger partial charge in [-0.25, -0.2) is 5.43 Å². The van der Waals surface area contributed by atoms with E-state index in [0.29, 0.717) is 12.2 Å². The fourth-order valence-corrected chi connectivity index (χ4v) is 1.97. The molecule has 26 heavy (non-hydrogen) atoms. The average molecular weight is 354 g/mol. The lowest BCUT2D eigenvalue weighted by molar-refractivity contribution is -0.120. The summed E-state index contributed by atoms with van der Waals surface area (Å²) in [4.78, 5) is 27.7. The second-order valence-corrected chi connectivity index (χ2v) is 5.49. The number of nitrogens with one attached hydrogen (secondary N) is 2. The number of ether oxygens (including phenoxy) is 1. The standard InChI is InChI=1S/C19H22N4O3/c1-2-3-11-26-17-8-6-16(7-9-17)19(25)21-14-18(24)23-22-13-15-5-4-10-20-12-15/h4-10,12-13H,2-3,11,14H2,1H3,(H,21,25)(H,23,24)/b22-13+. The van der Waals surface area contributed by atoms with Crippen molar-refractivity contribution in [2.24, 2.45) is 5.10 Å². The summed E-state index contributed by atoms with van der Waals surface area (Å²) in [6.07, 6.45) is 6.79. The second kappa shape index (κ2) is 10.6. The van der Waals surface area contributed by atoms with Crippen molar-refractivity contribution in [1.29, 1.82) is 0 Å². The van der Waals surface area contributed by atoms with Crippen molar-refractivity contribution in [1.82, 2.24) is 15.7 Å². The molecule has 2 N–H and O–H groups in total. The Balaban J connectivity index is 1.73. The van der Waals surface area contributed by atoms with Crippen molar-refractivity contribution in [3.8, 4) is 5.75 Å². The van der Waals surface area contributed by atoms with E-state index in [9.17, 15) is 9.59 Å². The summed E-state index contributed by atoms with van der Waals surface area (Å²) in [5.74, 6) is -0.0352. The zero-order valence-corrected chi connectivity index (χ0v) is 14.6. The molecule has 2 aromatic rings. The number of carbonyl (C=O) groups is 2. The Morgan fingerprint density at radius 2 is 2.04 bits per heavy atom. The predicted molar refractivity (Wildman–Crippen MR) is 99.2 cm³/mol. The van der Waals surface area contributed by atoms with Gasteiger partial charge < -0.3 is 10.1 Å². The van der Waals surface area contributed by atoms with Gasteiger partial charge in [0.05, 0.1) is 19.4 Å². The van der Waals surface area contributed by atoms with Crippen LogP contribution < -0.4 is 15.5 Å². The van der Waals surface area contributed by atoms with E-state index in [1.54, 1.807) is 48.8 Å². The Hall–Kier alpha value is -3.22. The third-order valence-corrected chi connectivity index (χ3v) is 3.38. The molecule has 0 unspecified atom stereocenters. The van der Waals surface area contributed by atoms with Gasteiger partial charge in [0.15, 0.2) is 0 Å². The summed E-state index contributed by atoms with van der Waals surface area (Å²) in [6, 6.07) is 10.4. The van der Waals surface area contributed by atoms with Crippen molar-refractivity contribution in [2.75, 3.05) is 13.2 Å². The molecule has 0 saturated carbocycles. The number of nitrogens with zero attached hydrogens (tertiary/aromatic N) is 2. The molecule has 7 heteroatoms. The van der Waals surface area contributed by atoms with Crippen LogP contribution in [-0.4, -0.2) is 36.2 Å². The molecule has 2 rings (SSSR count). The number of carbonyl (C=O) groups excluding carboxylic acids is 2. The van der Waals surface area contributed by atoms with Gasteiger partial charge in [-0.05, 0) is 36.8 Å². The van der Waals surface area contributed by atoms with Gasteiger partial charge in [0.2, 0.25) is 0 Å². The number of benzene rings is 1. The maximum atomic E-state index is 12.0. The second-order valence-electron chi connectivity index (χ2n) is 5.49. The molecule has 1 heterocycles. The maximum Gasteiger partial charge on any atom is 0.259 e. The first-order valence-electron chi connectivity index (χ1n) is 8.42. The lowest BCUT2D eigenvalue weighted by atomic mass is 10.2. The highest BCUT2D eigenvalue weighted by Gasteiger charge is 2.07. The van der Waals surface area contributed by atoms with Crippen LogP contribution in [0.3, 0.4) is 0 Å². The molecule has 0 aliphatic heterocycles. The topological polar surface area (TPSA) is 92.7 Å². The van der Waals surface area contributed by atoms with Crippen LogP contribution in [0.2, 0.25) is 0 Å². The number of rotatable bonds is 9. The van der Waals surface area contributed by atoms with Crippen molar-refractivity contribution in [3.63, 3.8) is 0 Å². The third kappa shape index (κ3) is 6.72. The first kappa shape index (κ1) is 19.1. The normalized spacial score (nSPS) is 10.5. The van der Waals surface area contributed by atoms with Gasteiger partial charge in [-0.3, -0.25) is 14.6 Å². The molecular weight excluding hydrogens is 332 g/mol. The first-order valence-corrected chi connectivity index (χ1v) is 8.42. The molecule has 0 saturated heterocycles. The zero-order chi connectivity index (χ0) is 18.6. The van der Waals surface area contributed by atoms with Crippen LogP contribution >= 0.6 is 0 Å². The van der Waals surface area contributed by atoms with Gasteiger partial charge in [-0.2, -0.15) is 5.10 Å². The number of amides is 2. The molecule has 0 aliphatic carbocycles. The summed E-state index contributed by atoms with van der Waals surface area (Å²) in [5, 5.41) is 6.35. The number of hydrogen-bond acceptors (Lipinski definition) is 5. The molecule has 0 fully saturated rings. The molecule has 0 aliphatic rings. The monoisotopic (exact) mass is 354 g/mol. The smallest absolute Gasteiger partial charge is 0.259 e. The molecule has 7 nitrogen and oxygen atoms in total. The molecule has 1 aromatic heterocycles. The summed E-state index contributed by atoms with van der Waals surface area (Å²) in [5.41, 5.74) is 3.56. The minimum absolute atomic E-state index is 0.169. The Morgan fingerprint density at radius 3 is 2.73 bits per heavy atom. The van der Waals surface area contributed by atoms with Crippen LogP contribution in [0.25, 0.3) is 0 Å². The Bertz CT molecular complexity index is 730. The van der Waals surface area contributed by atoms with E-state index < -0.39 is 5.91 Å². The van der Waals surface area contributed by atoms with Crippen molar-refractivity contribution >= 4 is 18.0 Å². The fourth-order valence-electron chi connectivity index (χ4n) is 1.97. The van der Waals surface area contributed by atoms with E-state index in [4.69, 9.17) is 4.74 Å². The zero-order valence-electron chi connectivity index (χ0n) is 14.6. The number of hydrogen-bond donors (Lipinski definition) is 2. The minimum Gasteiger partial charge on any atom is -0.494 e. The molecular formula is C19H22N4O3. The summed E-state index contributed by atoms with van der Waals surface area (Å²) in [7, 11) is 0. The van der Waals surface area contributed by atoms with Crippen molar-refractivity contribution in [3.05, 3.63) is 59.9 Å². The van der Waals surface area contributed by atoms with E-state index in [2.05, 4.69) is 27.8 Å². The number of hydrazone groups is 1. The maximum absolute atomic E-state index is 12.0. The van der Waals surface area contributed by atoms with E-state index in [1.807, 2.05) is 0 Å². The molecule has 1 aromatic carbocycles. The van der Waals surface area contributed by atoms with E-state index in [0.717, 1.165) is 24.2 Å². The fraction of sp³-hybridized carbons (Fsp3) is 0.263. The van der Waals surface area contributed by atoms with Crippen molar-refractivity contribution in [2.45, 2.75) is 19.8 Å². The average Bonchev–Trinajstić information content (AvgIpc) is 2.68. The predicted octanol–water partition coefficient (Wildman–Crippen LogP) is 2.14. The summed E-state index contributed by atoms with van der Waals surface area (Å²) in [6.45, 7) is 2.58. The van der Waals surface area contributed by atoms with Gasteiger partial charge in [0.1, 0.15) is 5.75 Å². The van der Waals surface area contributed by atoms with Gasteiger partial charge in [-0.15, -0.1) is 0 Å². The Kier molecular flexibility index (Phi) is 7.79. The lowest BCUT2D eigenvalue weighted by Gasteiger charge is -2.07. The number of pyridine rings is 1. The van der Waals surface area contributed by atoms with Gasteiger partial charge in [0, 0.05) is 23.5 Å². The minimum atomic E-state index is -0.419. The first-order chi connectivity index (χ1) is 12.7. The van der Waals surface area contributed by atoms with Crippen LogP contribution in [0.15, 0.2) is 53.9 Å². The molecule has 0 atom stereocenters. The quantitative estimate of drug-likeness (QED) is 0.410. The molecule has 0 bridgehead atoms. The van der Waals surface area contributed by atoms with Crippen LogP contribution in [0.1, 0.15) is 35.7 Å². The largest absolute Gasteiger partial charge is 0.494 e. The Labute approximate surface area is 152 Å². The van der Waals surface area contributed by atoms with Crippen LogP contribution in [0.5, 0.6) is 5.75 Å². The van der Waals surface area contributed by atoms with Gasteiger partial charge >= 0.3 is 0 Å². The summed E-state index contributed by atoms with van der Waals surface area (Å²) >= 11 is 0.